The molecule has 0 radical (unpaired) electrons. The summed E-state index contributed by atoms with van der Waals surface area (Å²) in [6, 6.07) is 16.0. The number of carbonyl (C=O) groups excluding carboxylic acids is 1. The Balaban J connectivity index is 1.86. The van der Waals surface area contributed by atoms with Gasteiger partial charge >= 0.3 is 0 Å². The zero-order valence-electron chi connectivity index (χ0n) is 11.5. The second-order valence-corrected chi connectivity index (χ2v) is 6.23. The lowest BCUT2D eigenvalue weighted by molar-refractivity contribution is 0.104. The van der Waals surface area contributed by atoms with Crippen molar-refractivity contribution in [3.63, 3.8) is 0 Å². The van der Waals surface area contributed by atoms with Gasteiger partial charge in [0, 0.05) is 32.6 Å². The number of Topliss-reactive ketones (excluding diaryl/α,β-unsaturated/α-hetero) is 1. The summed E-state index contributed by atoms with van der Waals surface area (Å²) in [4.78, 5) is 17.7. The number of ketones is 1. The Kier molecular flexibility index (Phi) is 2.76. The summed E-state index contributed by atoms with van der Waals surface area (Å²) in [5, 5.41) is 1.16. The Labute approximate surface area is 126 Å². The number of hydrogen-bond donors (Lipinski definition) is 1. The molecule has 1 N–H and O–H groups in total. The van der Waals surface area contributed by atoms with Crippen molar-refractivity contribution >= 4 is 34.5 Å². The zero-order valence-corrected chi connectivity index (χ0v) is 12.3. The lowest BCUT2D eigenvalue weighted by atomic mass is 10.1. The highest BCUT2D eigenvalue weighted by Crippen LogP contribution is 2.41. The molecule has 0 amide bonds. The molecule has 0 aliphatic carbocycles. The molecule has 102 valence electrons. The Morgan fingerprint density at radius 2 is 1.81 bits per heavy atom. The molecule has 2 aromatic carbocycles. The first-order chi connectivity index (χ1) is 10.2. The number of H-pyrrole nitrogens is 1. The molecule has 1 aliphatic rings. The number of aryl methyl sites for hydroxylation is 1. The van der Waals surface area contributed by atoms with Crippen LogP contribution in [0.5, 0.6) is 0 Å². The van der Waals surface area contributed by atoms with E-state index in [1.807, 2.05) is 49.4 Å². The van der Waals surface area contributed by atoms with Gasteiger partial charge in [0.15, 0.2) is 0 Å². The fourth-order valence-electron chi connectivity index (χ4n) is 2.75. The molecule has 3 heteroatoms. The number of rotatable bonds is 1. The standard InChI is InChI=1S/C18H13NOS/c1-11-14(12-6-2-4-8-15(12)19-11)10-17-18(20)13-7-3-5-9-16(13)21-17/h2-10,19H,1H3/b17-10-. The highest BCUT2D eigenvalue weighted by molar-refractivity contribution is 8.04. The fourth-order valence-corrected chi connectivity index (χ4v) is 3.78. The monoisotopic (exact) mass is 291 g/mol. The second-order valence-electron chi connectivity index (χ2n) is 5.15. The first-order valence-corrected chi connectivity index (χ1v) is 7.66. The molecule has 0 unspecified atom stereocenters. The molecule has 1 aromatic heterocycles. The van der Waals surface area contributed by atoms with Crippen LogP contribution in [0.15, 0.2) is 58.3 Å². The van der Waals surface area contributed by atoms with E-state index in [2.05, 4.69) is 17.1 Å². The van der Waals surface area contributed by atoms with Crippen molar-refractivity contribution < 1.29 is 4.79 Å². The van der Waals surface area contributed by atoms with Gasteiger partial charge in [-0.1, -0.05) is 42.1 Å². The van der Waals surface area contributed by atoms with E-state index in [0.29, 0.717) is 0 Å². The van der Waals surface area contributed by atoms with Crippen molar-refractivity contribution in [2.75, 3.05) is 0 Å². The van der Waals surface area contributed by atoms with Crippen molar-refractivity contribution in [1.82, 2.24) is 4.98 Å². The second kappa shape index (κ2) is 4.64. The van der Waals surface area contributed by atoms with Gasteiger partial charge in [0.05, 0.1) is 4.91 Å². The summed E-state index contributed by atoms with van der Waals surface area (Å²) in [5.74, 6) is 0.125. The van der Waals surface area contributed by atoms with E-state index in [9.17, 15) is 4.79 Å². The molecule has 0 bridgehead atoms. The lowest BCUT2D eigenvalue weighted by Gasteiger charge is -1.96. The number of para-hydroxylation sites is 1. The summed E-state index contributed by atoms with van der Waals surface area (Å²) in [6.45, 7) is 2.05. The van der Waals surface area contributed by atoms with Crippen LogP contribution in [0.3, 0.4) is 0 Å². The van der Waals surface area contributed by atoms with Gasteiger partial charge in [-0.15, -0.1) is 0 Å². The van der Waals surface area contributed by atoms with Crippen LogP contribution in [0.4, 0.5) is 0 Å². The van der Waals surface area contributed by atoms with Crippen LogP contribution < -0.4 is 0 Å². The fraction of sp³-hybridized carbons (Fsp3) is 0.0556. The first kappa shape index (κ1) is 12.5. The summed E-state index contributed by atoms with van der Waals surface area (Å²) < 4.78 is 0. The van der Waals surface area contributed by atoms with Crippen LogP contribution in [-0.2, 0) is 0 Å². The largest absolute Gasteiger partial charge is 0.358 e. The smallest absolute Gasteiger partial charge is 0.200 e. The van der Waals surface area contributed by atoms with Crippen LogP contribution in [0.25, 0.3) is 17.0 Å². The van der Waals surface area contributed by atoms with Gasteiger partial charge in [-0.25, -0.2) is 0 Å². The molecule has 4 rings (SSSR count). The Morgan fingerprint density at radius 1 is 1.05 bits per heavy atom. The predicted octanol–water partition coefficient (Wildman–Crippen LogP) is 4.81. The van der Waals surface area contributed by atoms with E-state index in [1.165, 1.54) is 0 Å². The number of nitrogens with one attached hydrogen (secondary N) is 1. The minimum absolute atomic E-state index is 0.125. The third-order valence-electron chi connectivity index (χ3n) is 3.79. The van der Waals surface area contributed by atoms with E-state index in [4.69, 9.17) is 0 Å². The van der Waals surface area contributed by atoms with E-state index in [0.717, 1.165) is 37.5 Å². The van der Waals surface area contributed by atoms with Gasteiger partial charge in [-0.05, 0) is 31.2 Å². The number of aromatic nitrogens is 1. The van der Waals surface area contributed by atoms with Crippen LogP contribution in [-0.4, -0.2) is 10.8 Å². The maximum atomic E-state index is 12.5. The van der Waals surface area contributed by atoms with Crippen LogP contribution in [0.2, 0.25) is 0 Å². The molecule has 0 saturated carbocycles. The molecule has 2 nitrogen and oxygen atoms in total. The summed E-state index contributed by atoms with van der Waals surface area (Å²) in [6.07, 6.45) is 2.02. The molecule has 0 spiro atoms. The van der Waals surface area contributed by atoms with E-state index in [1.54, 1.807) is 11.8 Å². The average Bonchev–Trinajstić information content (AvgIpc) is 2.99. The Hall–Kier alpha value is -2.26. The molecule has 2 heterocycles. The highest BCUT2D eigenvalue weighted by atomic mass is 32.2. The van der Waals surface area contributed by atoms with Crippen molar-refractivity contribution in [3.05, 3.63) is 70.3 Å². The van der Waals surface area contributed by atoms with E-state index < -0.39 is 0 Å². The molecule has 21 heavy (non-hydrogen) atoms. The molecular formula is C18H13NOS. The average molecular weight is 291 g/mol. The topological polar surface area (TPSA) is 32.9 Å². The third-order valence-corrected chi connectivity index (χ3v) is 4.89. The van der Waals surface area contributed by atoms with Gasteiger partial charge in [-0.3, -0.25) is 4.79 Å². The maximum Gasteiger partial charge on any atom is 0.200 e. The lowest BCUT2D eigenvalue weighted by Crippen LogP contribution is -1.93. The normalized spacial score (nSPS) is 15.9. The van der Waals surface area contributed by atoms with Gasteiger partial charge in [0.1, 0.15) is 0 Å². The molecule has 0 fully saturated rings. The number of thioether (sulfide) groups is 1. The summed E-state index contributed by atoms with van der Waals surface area (Å²) >= 11 is 1.56. The number of fused-ring (bicyclic) bond motifs is 2. The maximum absolute atomic E-state index is 12.5. The molecule has 0 atom stereocenters. The van der Waals surface area contributed by atoms with Crippen LogP contribution in [0.1, 0.15) is 21.6 Å². The number of aromatic amines is 1. The summed E-state index contributed by atoms with van der Waals surface area (Å²) in [7, 11) is 0. The third kappa shape index (κ3) is 1.93. The van der Waals surface area contributed by atoms with Gasteiger partial charge in [0.2, 0.25) is 5.78 Å². The minimum atomic E-state index is 0.125. The molecule has 1 aliphatic heterocycles. The van der Waals surface area contributed by atoms with Crippen molar-refractivity contribution in [2.24, 2.45) is 0 Å². The Morgan fingerprint density at radius 3 is 2.67 bits per heavy atom. The number of carbonyl (C=O) groups is 1. The summed E-state index contributed by atoms with van der Waals surface area (Å²) in [5.41, 5.74) is 4.11. The van der Waals surface area contributed by atoms with Crippen LogP contribution in [0, 0.1) is 6.92 Å². The SMILES string of the molecule is Cc1[nH]c2ccccc2c1/C=C1\Sc2ccccc2C1=O. The quantitative estimate of drug-likeness (QED) is 0.653. The van der Waals surface area contributed by atoms with Gasteiger partial charge in [-0.2, -0.15) is 0 Å². The highest BCUT2D eigenvalue weighted by Gasteiger charge is 2.25. The van der Waals surface area contributed by atoms with E-state index in [-0.39, 0.29) is 5.78 Å². The van der Waals surface area contributed by atoms with E-state index >= 15 is 0 Å². The first-order valence-electron chi connectivity index (χ1n) is 6.84. The van der Waals surface area contributed by atoms with Crippen molar-refractivity contribution in [2.45, 2.75) is 11.8 Å². The van der Waals surface area contributed by atoms with Crippen molar-refractivity contribution in [3.8, 4) is 0 Å². The minimum Gasteiger partial charge on any atom is -0.358 e. The van der Waals surface area contributed by atoms with Crippen LogP contribution >= 0.6 is 11.8 Å². The van der Waals surface area contributed by atoms with Gasteiger partial charge < -0.3 is 4.98 Å². The number of benzene rings is 2. The molecule has 3 aromatic rings. The number of allylic oxidation sites excluding steroid dienone is 1. The predicted molar refractivity (Wildman–Crippen MR) is 87.6 cm³/mol. The molecular weight excluding hydrogens is 278 g/mol. The Bertz CT molecular complexity index is 904. The van der Waals surface area contributed by atoms with Crippen molar-refractivity contribution in [1.29, 1.82) is 0 Å². The number of hydrogen-bond acceptors (Lipinski definition) is 2. The van der Waals surface area contributed by atoms with Gasteiger partial charge in [0.25, 0.3) is 0 Å². The zero-order chi connectivity index (χ0) is 14.4. The molecule has 0 saturated heterocycles.